The predicted octanol–water partition coefficient (Wildman–Crippen LogP) is 5.27. The number of carbonyl (C=O) groups is 1. The molecule has 3 rings (SSSR count). The van der Waals surface area contributed by atoms with Crippen LogP contribution in [0.3, 0.4) is 0 Å². The summed E-state index contributed by atoms with van der Waals surface area (Å²) in [6.45, 7) is 12.8. The van der Waals surface area contributed by atoms with Crippen LogP contribution in [0, 0.1) is 0 Å². The van der Waals surface area contributed by atoms with Crippen LogP contribution in [0.1, 0.15) is 26.3 Å². The first kappa shape index (κ1) is 23.6. The van der Waals surface area contributed by atoms with Gasteiger partial charge in [0.2, 0.25) is 5.91 Å². The lowest BCUT2D eigenvalue weighted by atomic mass is 10.1. The van der Waals surface area contributed by atoms with Crippen LogP contribution in [0.4, 0.5) is 11.4 Å². The SMILES string of the molecule is C=CCn1c(SCC(=O)Nc2ccc(CC)cc2)nnc1-c1ccc(N(CC)CC)cc1. The molecule has 0 radical (unpaired) electrons. The number of hydrogen-bond donors (Lipinski definition) is 1. The van der Waals surface area contributed by atoms with E-state index in [9.17, 15) is 4.79 Å². The second-order valence-corrected chi connectivity index (χ2v) is 8.25. The molecule has 0 bridgehead atoms. The lowest BCUT2D eigenvalue weighted by molar-refractivity contribution is -0.113. The highest BCUT2D eigenvalue weighted by atomic mass is 32.2. The van der Waals surface area contributed by atoms with E-state index in [0.717, 1.165) is 36.6 Å². The first-order chi connectivity index (χ1) is 15.6. The van der Waals surface area contributed by atoms with E-state index in [1.807, 2.05) is 34.9 Å². The Morgan fingerprint density at radius 1 is 1.06 bits per heavy atom. The number of thioether (sulfide) groups is 1. The van der Waals surface area contributed by atoms with Gasteiger partial charge in [-0.1, -0.05) is 36.9 Å². The normalized spacial score (nSPS) is 10.7. The maximum Gasteiger partial charge on any atom is 0.234 e. The Balaban J connectivity index is 1.70. The molecule has 6 nitrogen and oxygen atoms in total. The first-order valence-corrected chi connectivity index (χ1v) is 12.0. The number of carbonyl (C=O) groups excluding carboxylic acids is 1. The fourth-order valence-corrected chi connectivity index (χ4v) is 4.21. The highest BCUT2D eigenvalue weighted by molar-refractivity contribution is 7.99. The molecule has 0 unspecified atom stereocenters. The maximum absolute atomic E-state index is 12.4. The molecule has 0 aliphatic carbocycles. The van der Waals surface area contributed by atoms with Crippen molar-refractivity contribution in [2.24, 2.45) is 0 Å². The molecule has 0 saturated carbocycles. The summed E-state index contributed by atoms with van der Waals surface area (Å²) in [6.07, 6.45) is 2.79. The Morgan fingerprint density at radius 2 is 1.75 bits per heavy atom. The van der Waals surface area contributed by atoms with Crippen LogP contribution in [0.25, 0.3) is 11.4 Å². The maximum atomic E-state index is 12.4. The van der Waals surface area contributed by atoms with Crippen molar-refractivity contribution in [2.45, 2.75) is 38.9 Å². The summed E-state index contributed by atoms with van der Waals surface area (Å²) in [5.41, 5.74) is 4.22. The largest absolute Gasteiger partial charge is 0.372 e. The number of hydrogen-bond acceptors (Lipinski definition) is 5. The Morgan fingerprint density at radius 3 is 2.34 bits per heavy atom. The molecule has 0 aliphatic heterocycles. The number of allylic oxidation sites excluding steroid dienone is 1. The number of benzene rings is 2. The van der Waals surface area contributed by atoms with E-state index in [-0.39, 0.29) is 11.7 Å². The minimum atomic E-state index is -0.0717. The van der Waals surface area contributed by atoms with Gasteiger partial charge in [0.25, 0.3) is 0 Å². The Bertz CT molecular complexity index is 1020. The van der Waals surface area contributed by atoms with Crippen molar-refractivity contribution in [3.63, 3.8) is 0 Å². The quantitative estimate of drug-likeness (QED) is 0.319. The van der Waals surface area contributed by atoms with E-state index in [4.69, 9.17) is 0 Å². The van der Waals surface area contributed by atoms with Crippen molar-refractivity contribution in [2.75, 3.05) is 29.1 Å². The van der Waals surface area contributed by atoms with Gasteiger partial charge in [0.05, 0.1) is 5.75 Å². The number of aryl methyl sites for hydroxylation is 1. The molecule has 3 aromatic rings. The topological polar surface area (TPSA) is 63.1 Å². The van der Waals surface area contributed by atoms with Gasteiger partial charge < -0.3 is 10.2 Å². The number of nitrogens with zero attached hydrogens (tertiary/aromatic N) is 4. The molecule has 1 aromatic heterocycles. The van der Waals surface area contributed by atoms with Crippen LogP contribution < -0.4 is 10.2 Å². The van der Waals surface area contributed by atoms with Crippen molar-refractivity contribution in [1.29, 1.82) is 0 Å². The average molecular weight is 450 g/mol. The average Bonchev–Trinajstić information content (AvgIpc) is 3.22. The van der Waals surface area contributed by atoms with Gasteiger partial charge in [-0.3, -0.25) is 9.36 Å². The summed E-state index contributed by atoms with van der Waals surface area (Å²) >= 11 is 1.37. The number of aromatic nitrogens is 3. The van der Waals surface area contributed by atoms with Crippen LogP contribution >= 0.6 is 11.8 Å². The molecule has 2 aromatic carbocycles. The third kappa shape index (κ3) is 5.79. The fraction of sp³-hybridized carbons (Fsp3) is 0.320. The van der Waals surface area contributed by atoms with Gasteiger partial charge in [0, 0.05) is 36.6 Å². The molecular formula is C25H31N5OS. The number of nitrogens with one attached hydrogen (secondary N) is 1. The van der Waals surface area contributed by atoms with Gasteiger partial charge in [-0.2, -0.15) is 0 Å². The van der Waals surface area contributed by atoms with Crippen molar-refractivity contribution in [1.82, 2.24) is 14.8 Å². The smallest absolute Gasteiger partial charge is 0.234 e. The zero-order valence-electron chi connectivity index (χ0n) is 19.0. The molecule has 1 heterocycles. The second kappa shape index (κ2) is 11.5. The van der Waals surface area contributed by atoms with Crippen molar-refractivity contribution >= 4 is 29.0 Å². The number of anilines is 2. The first-order valence-electron chi connectivity index (χ1n) is 11.0. The monoisotopic (exact) mass is 449 g/mol. The van der Waals surface area contributed by atoms with Crippen LogP contribution in [-0.2, 0) is 17.8 Å². The molecule has 0 atom stereocenters. The minimum Gasteiger partial charge on any atom is -0.372 e. The van der Waals surface area contributed by atoms with E-state index in [0.29, 0.717) is 11.7 Å². The second-order valence-electron chi connectivity index (χ2n) is 7.31. The molecule has 1 amide bonds. The Hall–Kier alpha value is -3.06. The zero-order chi connectivity index (χ0) is 22.9. The summed E-state index contributed by atoms with van der Waals surface area (Å²) in [5, 5.41) is 12.4. The van der Waals surface area contributed by atoms with Gasteiger partial charge in [0.15, 0.2) is 11.0 Å². The molecule has 32 heavy (non-hydrogen) atoms. The third-order valence-corrected chi connectivity index (χ3v) is 6.23. The van der Waals surface area contributed by atoms with E-state index < -0.39 is 0 Å². The van der Waals surface area contributed by atoms with Gasteiger partial charge in [-0.25, -0.2) is 0 Å². The highest BCUT2D eigenvalue weighted by Crippen LogP contribution is 2.26. The van der Waals surface area contributed by atoms with Gasteiger partial charge >= 0.3 is 0 Å². The lowest BCUT2D eigenvalue weighted by Crippen LogP contribution is -2.21. The fourth-order valence-electron chi connectivity index (χ4n) is 3.46. The van der Waals surface area contributed by atoms with Gasteiger partial charge in [-0.15, -0.1) is 16.8 Å². The van der Waals surface area contributed by atoms with Crippen molar-refractivity contribution in [3.8, 4) is 11.4 Å². The van der Waals surface area contributed by atoms with Crippen LogP contribution in [0.15, 0.2) is 66.3 Å². The molecule has 0 saturated heterocycles. The van der Waals surface area contributed by atoms with Crippen LogP contribution in [-0.4, -0.2) is 39.5 Å². The van der Waals surface area contributed by atoms with Crippen molar-refractivity contribution in [3.05, 3.63) is 66.7 Å². The van der Waals surface area contributed by atoms with Crippen LogP contribution in [0.2, 0.25) is 0 Å². The molecule has 0 aliphatic rings. The molecule has 0 spiro atoms. The molecule has 7 heteroatoms. The molecule has 0 fully saturated rings. The minimum absolute atomic E-state index is 0.0717. The highest BCUT2D eigenvalue weighted by Gasteiger charge is 2.15. The summed E-state index contributed by atoms with van der Waals surface area (Å²) in [6, 6.07) is 16.3. The van der Waals surface area contributed by atoms with E-state index >= 15 is 0 Å². The van der Waals surface area contributed by atoms with Gasteiger partial charge in [0.1, 0.15) is 0 Å². The summed E-state index contributed by atoms with van der Waals surface area (Å²) in [7, 11) is 0. The van der Waals surface area contributed by atoms with E-state index in [1.165, 1.54) is 23.0 Å². The van der Waals surface area contributed by atoms with E-state index in [1.54, 1.807) is 0 Å². The Kier molecular flexibility index (Phi) is 8.50. The predicted molar refractivity (Wildman–Crippen MR) is 134 cm³/mol. The summed E-state index contributed by atoms with van der Waals surface area (Å²) in [5.74, 6) is 0.956. The van der Waals surface area contributed by atoms with Crippen molar-refractivity contribution < 1.29 is 4.79 Å². The molecule has 168 valence electrons. The number of rotatable bonds is 11. The Labute approximate surface area is 194 Å². The standard InChI is InChI=1S/C25H31N5OS/c1-5-17-30-24(20-11-15-22(16-12-20)29(7-3)8-4)27-28-25(30)32-18-23(31)26-21-13-9-19(6-2)10-14-21/h5,9-16H,1,6-8,17-18H2,2-4H3,(H,26,31). The zero-order valence-corrected chi connectivity index (χ0v) is 19.9. The third-order valence-electron chi connectivity index (χ3n) is 5.26. The molecule has 1 N–H and O–H groups in total. The lowest BCUT2D eigenvalue weighted by Gasteiger charge is -2.21. The number of amides is 1. The summed E-state index contributed by atoms with van der Waals surface area (Å²) < 4.78 is 1.99. The van der Waals surface area contributed by atoms with E-state index in [2.05, 4.69) is 72.0 Å². The van der Waals surface area contributed by atoms with Gasteiger partial charge in [-0.05, 0) is 62.2 Å². The molecular weight excluding hydrogens is 418 g/mol. The van der Waals surface area contributed by atoms with Crippen LogP contribution in [0.5, 0.6) is 0 Å². The summed E-state index contributed by atoms with van der Waals surface area (Å²) in [4.78, 5) is 14.7.